The van der Waals surface area contributed by atoms with E-state index in [9.17, 15) is 9.59 Å². The van der Waals surface area contributed by atoms with Crippen LogP contribution in [0.5, 0.6) is 5.75 Å². The molecule has 102 valence electrons. The van der Waals surface area contributed by atoms with Crippen molar-refractivity contribution in [2.75, 3.05) is 0 Å². The van der Waals surface area contributed by atoms with Gasteiger partial charge in [-0.25, -0.2) is 4.79 Å². The molecule has 2 heterocycles. The predicted octanol–water partition coefficient (Wildman–Crippen LogP) is 3.04. The van der Waals surface area contributed by atoms with Crippen molar-refractivity contribution >= 4 is 17.6 Å². The molecule has 1 aliphatic heterocycles. The van der Waals surface area contributed by atoms with E-state index in [1.807, 2.05) is 0 Å². The van der Waals surface area contributed by atoms with Crippen LogP contribution in [0.25, 0.3) is 0 Å². The van der Waals surface area contributed by atoms with Crippen LogP contribution < -0.4 is 10.4 Å². The first kappa shape index (κ1) is 12.9. The van der Waals surface area contributed by atoms with Crippen LogP contribution in [0.2, 0.25) is 5.02 Å². The van der Waals surface area contributed by atoms with Crippen LogP contribution in [0.15, 0.2) is 39.5 Å². The summed E-state index contributed by atoms with van der Waals surface area (Å²) in [7, 11) is 0. The van der Waals surface area contributed by atoms with Gasteiger partial charge in [0.25, 0.3) is 0 Å². The number of halogens is 1. The Hall–Kier alpha value is -2.07. The van der Waals surface area contributed by atoms with Crippen LogP contribution in [0.1, 0.15) is 29.2 Å². The number of benzene rings is 1. The molecule has 0 spiro atoms. The fourth-order valence-electron chi connectivity index (χ4n) is 2.40. The van der Waals surface area contributed by atoms with E-state index in [4.69, 9.17) is 20.8 Å². The molecule has 0 amide bonds. The van der Waals surface area contributed by atoms with Crippen LogP contribution in [0, 0.1) is 6.92 Å². The molecule has 0 N–H and O–H groups in total. The number of aryl methyl sites for hydroxylation is 1. The van der Waals surface area contributed by atoms with Gasteiger partial charge in [-0.3, -0.25) is 4.79 Å². The van der Waals surface area contributed by atoms with Gasteiger partial charge < -0.3 is 9.15 Å². The molecule has 0 unspecified atom stereocenters. The summed E-state index contributed by atoms with van der Waals surface area (Å²) in [6.45, 7) is 1.64. The lowest BCUT2D eigenvalue weighted by molar-refractivity contribution is -0.135. The molecule has 1 aliphatic rings. The summed E-state index contributed by atoms with van der Waals surface area (Å²) < 4.78 is 10.3. The van der Waals surface area contributed by atoms with Crippen LogP contribution in [0.3, 0.4) is 0 Å². The number of carbonyl (C=O) groups excluding carboxylic acids is 1. The molecular formula is C15H11ClO4. The topological polar surface area (TPSA) is 56.5 Å². The van der Waals surface area contributed by atoms with Gasteiger partial charge in [0.05, 0.1) is 12.0 Å². The van der Waals surface area contributed by atoms with Crippen molar-refractivity contribution in [2.24, 2.45) is 0 Å². The minimum absolute atomic E-state index is 0.114. The van der Waals surface area contributed by atoms with E-state index < -0.39 is 5.63 Å². The van der Waals surface area contributed by atoms with E-state index >= 15 is 0 Å². The van der Waals surface area contributed by atoms with Gasteiger partial charge in [0.15, 0.2) is 0 Å². The molecule has 0 bridgehead atoms. The average Bonchev–Trinajstić information content (AvgIpc) is 2.37. The third-order valence-corrected chi connectivity index (χ3v) is 3.54. The van der Waals surface area contributed by atoms with Crippen molar-refractivity contribution in [2.45, 2.75) is 19.3 Å². The smallest absolute Gasteiger partial charge is 0.343 e. The van der Waals surface area contributed by atoms with Crippen molar-refractivity contribution in [1.29, 1.82) is 0 Å². The standard InChI is InChI=1S/C15H11ClO4/c1-8-6-12-14(15(18)19-8)11(7-13(17)20-12)9-2-4-10(16)5-3-9/h2-6,11H,7H2,1H3/t11-/m1/s1. The molecule has 0 fully saturated rings. The van der Waals surface area contributed by atoms with Gasteiger partial charge in [-0.05, 0) is 24.6 Å². The predicted molar refractivity (Wildman–Crippen MR) is 73.3 cm³/mol. The van der Waals surface area contributed by atoms with Crippen molar-refractivity contribution in [3.63, 3.8) is 0 Å². The molecule has 3 rings (SSSR count). The molecule has 4 nitrogen and oxygen atoms in total. The van der Waals surface area contributed by atoms with Crippen LogP contribution in [0.4, 0.5) is 0 Å². The van der Waals surface area contributed by atoms with Crippen LogP contribution in [-0.2, 0) is 4.79 Å². The minimum atomic E-state index is -0.465. The highest BCUT2D eigenvalue weighted by Crippen LogP contribution is 2.37. The van der Waals surface area contributed by atoms with Crippen molar-refractivity contribution in [3.8, 4) is 5.75 Å². The normalized spacial score (nSPS) is 17.5. The fraction of sp³-hybridized carbons (Fsp3) is 0.200. The van der Waals surface area contributed by atoms with E-state index in [0.29, 0.717) is 16.3 Å². The maximum absolute atomic E-state index is 12.1. The van der Waals surface area contributed by atoms with E-state index in [1.54, 1.807) is 37.3 Å². The Morgan fingerprint density at radius 3 is 2.60 bits per heavy atom. The number of esters is 1. The SMILES string of the molecule is Cc1cc2c(c(=O)o1)[C@@H](c1ccc(Cl)cc1)CC(=O)O2. The first-order valence-electron chi connectivity index (χ1n) is 6.15. The van der Waals surface area contributed by atoms with E-state index in [-0.39, 0.29) is 24.1 Å². The third-order valence-electron chi connectivity index (χ3n) is 3.29. The van der Waals surface area contributed by atoms with E-state index in [2.05, 4.69) is 0 Å². The van der Waals surface area contributed by atoms with Gasteiger partial charge in [0.2, 0.25) is 0 Å². The molecule has 20 heavy (non-hydrogen) atoms. The maximum atomic E-state index is 12.1. The first-order chi connectivity index (χ1) is 9.54. The first-order valence-corrected chi connectivity index (χ1v) is 6.53. The number of carbonyl (C=O) groups is 1. The third kappa shape index (κ3) is 2.23. The second-order valence-corrected chi connectivity index (χ2v) is 5.14. The summed E-state index contributed by atoms with van der Waals surface area (Å²) in [6, 6.07) is 8.62. The maximum Gasteiger partial charge on any atom is 0.343 e. The Morgan fingerprint density at radius 1 is 1.20 bits per heavy atom. The molecule has 0 aliphatic carbocycles. The number of hydrogen-bond donors (Lipinski definition) is 0. The summed E-state index contributed by atoms with van der Waals surface area (Å²) in [5, 5.41) is 0.600. The molecule has 0 saturated heterocycles. The van der Waals surface area contributed by atoms with Crippen molar-refractivity contribution in [3.05, 3.63) is 62.7 Å². The lowest BCUT2D eigenvalue weighted by Gasteiger charge is -2.23. The van der Waals surface area contributed by atoms with Gasteiger partial charge in [-0.2, -0.15) is 0 Å². The van der Waals surface area contributed by atoms with Crippen molar-refractivity contribution < 1.29 is 13.9 Å². The summed E-state index contributed by atoms with van der Waals surface area (Å²) in [5.41, 5.74) is 0.758. The molecule has 2 aromatic rings. The van der Waals surface area contributed by atoms with Gasteiger partial charge in [0, 0.05) is 17.0 Å². The number of rotatable bonds is 1. The molecule has 0 saturated carbocycles. The quantitative estimate of drug-likeness (QED) is 0.758. The number of hydrogen-bond acceptors (Lipinski definition) is 4. The van der Waals surface area contributed by atoms with Crippen LogP contribution >= 0.6 is 11.6 Å². The zero-order valence-electron chi connectivity index (χ0n) is 10.7. The van der Waals surface area contributed by atoms with Gasteiger partial charge in [-0.1, -0.05) is 23.7 Å². The molecule has 1 atom stereocenters. The highest BCUT2D eigenvalue weighted by molar-refractivity contribution is 6.30. The largest absolute Gasteiger partial charge is 0.428 e. The Morgan fingerprint density at radius 2 is 1.90 bits per heavy atom. The molecule has 1 aromatic carbocycles. The minimum Gasteiger partial charge on any atom is -0.428 e. The highest BCUT2D eigenvalue weighted by atomic mass is 35.5. The van der Waals surface area contributed by atoms with E-state index in [1.165, 1.54) is 0 Å². The second kappa shape index (κ2) is 4.80. The summed E-state index contributed by atoms with van der Waals surface area (Å²) in [4.78, 5) is 23.8. The lowest BCUT2D eigenvalue weighted by atomic mass is 9.87. The molecule has 0 radical (unpaired) electrons. The molecule has 5 heteroatoms. The van der Waals surface area contributed by atoms with Crippen LogP contribution in [-0.4, -0.2) is 5.97 Å². The number of ether oxygens (including phenoxy) is 1. The van der Waals surface area contributed by atoms with Gasteiger partial charge >= 0.3 is 11.6 Å². The molecular weight excluding hydrogens is 280 g/mol. The number of fused-ring (bicyclic) bond motifs is 1. The average molecular weight is 291 g/mol. The van der Waals surface area contributed by atoms with Crippen molar-refractivity contribution in [1.82, 2.24) is 0 Å². The Labute approximate surface area is 119 Å². The Kier molecular flexibility index (Phi) is 3.10. The summed E-state index contributed by atoms with van der Waals surface area (Å²) >= 11 is 5.86. The highest BCUT2D eigenvalue weighted by Gasteiger charge is 2.32. The Balaban J connectivity index is 2.17. The summed E-state index contributed by atoms with van der Waals surface area (Å²) in [5.74, 6) is -0.0175. The second-order valence-electron chi connectivity index (χ2n) is 4.70. The molecule has 1 aromatic heterocycles. The Bertz CT molecular complexity index is 731. The fourth-order valence-corrected chi connectivity index (χ4v) is 2.53. The zero-order valence-corrected chi connectivity index (χ0v) is 11.4. The van der Waals surface area contributed by atoms with E-state index in [0.717, 1.165) is 5.56 Å². The van der Waals surface area contributed by atoms with Gasteiger partial charge in [0.1, 0.15) is 11.5 Å². The monoisotopic (exact) mass is 290 g/mol. The van der Waals surface area contributed by atoms with Gasteiger partial charge in [-0.15, -0.1) is 0 Å². The lowest BCUT2D eigenvalue weighted by Crippen LogP contribution is -2.26. The summed E-state index contributed by atoms with van der Waals surface area (Å²) in [6.07, 6.45) is 0.114. The zero-order chi connectivity index (χ0) is 14.3.